The summed E-state index contributed by atoms with van der Waals surface area (Å²) in [6.07, 6.45) is 0. The molecule has 0 spiro atoms. The molecule has 0 atom stereocenters. The van der Waals surface area contributed by atoms with Gasteiger partial charge in [-0.15, -0.1) is 11.3 Å². The van der Waals surface area contributed by atoms with Gasteiger partial charge in [0, 0.05) is 13.1 Å². The molecule has 2 aromatic heterocycles. The van der Waals surface area contributed by atoms with Gasteiger partial charge < -0.3 is 10.3 Å². The van der Waals surface area contributed by atoms with Crippen LogP contribution in [0.4, 0.5) is 0 Å². The van der Waals surface area contributed by atoms with Gasteiger partial charge in [0.05, 0.1) is 15.9 Å². The molecule has 0 aliphatic heterocycles. The predicted molar refractivity (Wildman–Crippen MR) is 79.2 cm³/mol. The van der Waals surface area contributed by atoms with E-state index in [0.717, 1.165) is 11.0 Å². The topological polar surface area (TPSA) is 66.9 Å². The number of amides is 1. The molecule has 6 heteroatoms. The maximum Gasteiger partial charge on any atom is 0.326 e. The van der Waals surface area contributed by atoms with Crippen molar-refractivity contribution in [2.24, 2.45) is 0 Å². The largest absolute Gasteiger partial charge is 0.350 e. The van der Waals surface area contributed by atoms with Crippen molar-refractivity contribution >= 4 is 28.3 Å². The number of carbonyl (C=O) groups excluding carboxylic acids is 1. The highest BCUT2D eigenvalue weighted by Gasteiger charge is 2.08. The summed E-state index contributed by atoms with van der Waals surface area (Å²) in [5.41, 5.74) is 1.50. The molecule has 0 radical (unpaired) electrons. The summed E-state index contributed by atoms with van der Waals surface area (Å²) in [6, 6.07) is 11.1. The molecule has 2 heterocycles. The molecule has 0 saturated heterocycles. The van der Waals surface area contributed by atoms with Crippen LogP contribution in [0.2, 0.25) is 0 Å². The Labute approximate surface area is 118 Å². The monoisotopic (exact) mass is 287 g/mol. The Bertz CT molecular complexity index is 786. The number of thiophene rings is 1. The van der Waals surface area contributed by atoms with Crippen LogP contribution < -0.4 is 11.0 Å². The van der Waals surface area contributed by atoms with E-state index in [1.54, 1.807) is 10.6 Å². The number of nitrogens with zero attached hydrogens (tertiary/aromatic N) is 1. The molecule has 20 heavy (non-hydrogen) atoms. The number of imidazole rings is 1. The van der Waals surface area contributed by atoms with Crippen LogP contribution in [0.3, 0.4) is 0 Å². The summed E-state index contributed by atoms with van der Waals surface area (Å²) >= 11 is 1.40. The van der Waals surface area contributed by atoms with E-state index in [1.807, 2.05) is 35.7 Å². The lowest BCUT2D eigenvalue weighted by atomic mass is 10.3. The van der Waals surface area contributed by atoms with Crippen molar-refractivity contribution in [1.82, 2.24) is 14.9 Å². The van der Waals surface area contributed by atoms with Gasteiger partial charge in [0.15, 0.2) is 0 Å². The Kier molecular flexibility index (Phi) is 3.39. The number of carbonyl (C=O) groups is 1. The van der Waals surface area contributed by atoms with E-state index in [2.05, 4.69) is 10.3 Å². The van der Waals surface area contributed by atoms with Gasteiger partial charge in [-0.1, -0.05) is 18.2 Å². The van der Waals surface area contributed by atoms with Crippen LogP contribution in [0.25, 0.3) is 11.0 Å². The molecule has 1 amide bonds. The Hall–Kier alpha value is -2.34. The number of H-pyrrole nitrogens is 1. The van der Waals surface area contributed by atoms with Gasteiger partial charge in [0.2, 0.25) is 0 Å². The fourth-order valence-electron chi connectivity index (χ4n) is 2.10. The van der Waals surface area contributed by atoms with E-state index >= 15 is 0 Å². The van der Waals surface area contributed by atoms with Crippen LogP contribution in [-0.4, -0.2) is 22.0 Å². The average Bonchev–Trinajstić information content (AvgIpc) is 3.07. The minimum absolute atomic E-state index is 0.104. The van der Waals surface area contributed by atoms with Crippen molar-refractivity contribution in [2.45, 2.75) is 6.54 Å². The number of benzene rings is 1. The fourth-order valence-corrected chi connectivity index (χ4v) is 2.74. The zero-order valence-corrected chi connectivity index (χ0v) is 11.4. The normalized spacial score (nSPS) is 10.8. The van der Waals surface area contributed by atoms with Crippen LogP contribution in [0, 0.1) is 0 Å². The number of fused-ring (bicyclic) bond motifs is 1. The lowest BCUT2D eigenvalue weighted by Crippen LogP contribution is -2.29. The molecule has 3 rings (SSSR count). The molecule has 0 fully saturated rings. The molecular weight excluding hydrogens is 274 g/mol. The molecule has 0 unspecified atom stereocenters. The van der Waals surface area contributed by atoms with Crippen molar-refractivity contribution in [3.05, 3.63) is 57.1 Å². The van der Waals surface area contributed by atoms with Crippen LogP contribution in [-0.2, 0) is 6.54 Å². The van der Waals surface area contributed by atoms with Crippen LogP contribution in [0.5, 0.6) is 0 Å². The minimum atomic E-state index is -0.156. The second kappa shape index (κ2) is 5.34. The average molecular weight is 287 g/mol. The Morgan fingerprint density at radius 3 is 2.90 bits per heavy atom. The summed E-state index contributed by atoms with van der Waals surface area (Å²) in [5, 5.41) is 4.67. The summed E-state index contributed by atoms with van der Waals surface area (Å²) < 4.78 is 1.63. The first kappa shape index (κ1) is 12.7. The van der Waals surface area contributed by atoms with Gasteiger partial charge in [-0.2, -0.15) is 0 Å². The first-order valence-electron chi connectivity index (χ1n) is 6.25. The molecule has 0 aliphatic carbocycles. The van der Waals surface area contributed by atoms with Crippen LogP contribution in [0.15, 0.2) is 46.6 Å². The molecule has 5 nitrogen and oxygen atoms in total. The smallest absolute Gasteiger partial charge is 0.326 e. The Morgan fingerprint density at radius 2 is 2.10 bits per heavy atom. The lowest BCUT2D eigenvalue weighted by Gasteiger charge is -2.05. The number of aromatic nitrogens is 2. The van der Waals surface area contributed by atoms with Crippen molar-refractivity contribution in [2.75, 3.05) is 6.54 Å². The standard InChI is InChI=1S/C14H13N3O2S/c18-13(12-6-3-9-20-12)15-7-8-17-11-5-2-1-4-10(11)16-14(17)19/h1-6,9H,7-8H2,(H,15,18)(H,16,19). The molecule has 102 valence electrons. The van der Waals surface area contributed by atoms with Gasteiger partial charge in [-0.3, -0.25) is 9.36 Å². The third kappa shape index (κ3) is 2.37. The van der Waals surface area contributed by atoms with Crippen molar-refractivity contribution < 1.29 is 4.79 Å². The second-order valence-electron chi connectivity index (χ2n) is 4.33. The first-order chi connectivity index (χ1) is 9.75. The van der Waals surface area contributed by atoms with Crippen molar-refractivity contribution in [1.29, 1.82) is 0 Å². The van der Waals surface area contributed by atoms with Crippen molar-refractivity contribution in [3.8, 4) is 0 Å². The van der Waals surface area contributed by atoms with E-state index in [-0.39, 0.29) is 11.6 Å². The number of hydrogen-bond acceptors (Lipinski definition) is 3. The lowest BCUT2D eigenvalue weighted by molar-refractivity contribution is 0.0956. The van der Waals surface area contributed by atoms with Gasteiger partial charge in [-0.25, -0.2) is 4.79 Å². The van der Waals surface area contributed by atoms with E-state index in [0.29, 0.717) is 18.0 Å². The number of rotatable bonds is 4. The van der Waals surface area contributed by atoms with E-state index < -0.39 is 0 Å². The third-order valence-electron chi connectivity index (χ3n) is 3.05. The van der Waals surface area contributed by atoms with Crippen LogP contribution in [0.1, 0.15) is 9.67 Å². The molecule has 0 saturated carbocycles. The second-order valence-corrected chi connectivity index (χ2v) is 5.28. The van der Waals surface area contributed by atoms with E-state index in [1.165, 1.54) is 11.3 Å². The first-order valence-corrected chi connectivity index (χ1v) is 7.13. The SMILES string of the molecule is O=C(NCCn1c(=O)[nH]c2ccccc21)c1cccs1. The summed E-state index contributed by atoms with van der Waals surface area (Å²) in [4.78, 5) is 27.1. The molecule has 0 aliphatic rings. The molecule has 1 aromatic carbocycles. The van der Waals surface area contributed by atoms with E-state index in [4.69, 9.17) is 0 Å². The highest BCUT2D eigenvalue weighted by Crippen LogP contribution is 2.09. The molecule has 0 bridgehead atoms. The van der Waals surface area contributed by atoms with Gasteiger partial charge >= 0.3 is 5.69 Å². The van der Waals surface area contributed by atoms with Crippen molar-refractivity contribution in [3.63, 3.8) is 0 Å². The predicted octanol–water partition coefficient (Wildman–Crippen LogP) is 1.82. The number of para-hydroxylation sites is 2. The zero-order chi connectivity index (χ0) is 13.9. The minimum Gasteiger partial charge on any atom is -0.350 e. The summed E-state index contributed by atoms with van der Waals surface area (Å²) in [6.45, 7) is 0.860. The maximum absolute atomic E-state index is 11.8. The number of nitrogens with one attached hydrogen (secondary N) is 2. The summed E-state index contributed by atoms with van der Waals surface area (Å²) in [7, 11) is 0. The van der Waals surface area contributed by atoms with Gasteiger partial charge in [0.1, 0.15) is 0 Å². The molecule has 3 aromatic rings. The third-order valence-corrected chi connectivity index (χ3v) is 3.92. The zero-order valence-electron chi connectivity index (χ0n) is 10.6. The van der Waals surface area contributed by atoms with Crippen LogP contribution >= 0.6 is 11.3 Å². The Morgan fingerprint density at radius 1 is 1.25 bits per heavy atom. The molecule has 2 N–H and O–H groups in total. The van der Waals surface area contributed by atoms with Gasteiger partial charge in [0.25, 0.3) is 5.91 Å². The highest BCUT2D eigenvalue weighted by molar-refractivity contribution is 7.12. The maximum atomic E-state index is 11.8. The Balaban J connectivity index is 1.70. The van der Waals surface area contributed by atoms with Gasteiger partial charge in [-0.05, 0) is 23.6 Å². The number of aromatic amines is 1. The highest BCUT2D eigenvalue weighted by atomic mass is 32.1. The summed E-state index contributed by atoms with van der Waals surface area (Å²) in [5.74, 6) is -0.104. The van der Waals surface area contributed by atoms with E-state index in [9.17, 15) is 9.59 Å². The quantitative estimate of drug-likeness (QED) is 0.768. The number of hydrogen-bond donors (Lipinski definition) is 2. The fraction of sp³-hybridized carbons (Fsp3) is 0.143. The molecular formula is C14H13N3O2S.